The molecule has 0 atom stereocenters. The Morgan fingerprint density at radius 2 is 0.448 bits per heavy atom. The third-order valence-electron chi connectivity index (χ3n) is 21.5. The first-order chi connectivity index (χ1) is 42.7. The number of aliphatic hydroxyl groups excluding tert-OH is 3. The van der Waals surface area contributed by atoms with Crippen LogP contribution in [0.15, 0.2) is 127 Å². The molecule has 3 heteroatoms. The van der Waals surface area contributed by atoms with E-state index in [2.05, 4.69) is 169 Å². The predicted octanol–water partition coefficient (Wildman–Crippen LogP) is 23.8. The van der Waals surface area contributed by atoms with Crippen LogP contribution < -0.4 is 0 Å². The Morgan fingerprint density at radius 3 is 0.644 bits per heavy atom. The molecule has 0 unspecified atom stereocenters. The zero-order valence-electron chi connectivity index (χ0n) is 54.8. The number of unbranched alkanes of at least 4 members (excludes halogenated alkanes) is 18. The minimum absolute atomic E-state index is 0.0464. The van der Waals surface area contributed by atoms with E-state index >= 15 is 0 Å². The molecule has 7 aromatic carbocycles. The highest BCUT2D eigenvalue weighted by atomic mass is 16.3. The molecule has 0 amide bonds. The van der Waals surface area contributed by atoms with Gasteiger partial charge in [0, 0.05) is 16.2 Å². The van der Waals surface area contributed by atoms with Crippen LogP contribution in [0.5, 0.6) is 0 Å². The van der Waals surface area contributed by atoms with Gasteiger partial charge in [0.2, 0.25) is 0 Å². The van der Waals surface area contributed by atoms with E-state index in [1.54, 1.807) is 50.1 Å². The van der Waals surface area contributed by atoms with E-state index in [9.17, 15) is 15.3 Å². The molecule has 10 rings (SSSR count). The molecule has 0 aliphatic heterocycles. The van der Waals surface area contributed by atoms with E-state index in [0.29, 0.717) is 0 Å². The molecule has 3 nitrogen and oxygen atoms in total. The van der Waals surface area contributed by atoms with Gasteiger partial charge in [0.15, 0.2) is 0 Å². The van der Waals surface area contributed by atoms with Gasteiger partial charge in [0.1, 0.15) is 0 Å². The monoisotopic (exact) mass is 1160 g/mol. The lowest BCUT2D eigenvalue weighted by molar-refractivity contribution is 0.281. The van der Waals surface area contributed by atoms with Crippen LogP contribution in [0.1, 0.15) is 284 Å². The van der Waals surface area contributed by atoms with Crippen molar-refractivity contribution in [1.29, 1.82) is 0 Å². The highest BCUT2D eigenvalue weighted by Gasteiger charge is 2.58. The van der Waals surface area contributed by atoms with E-state index in [-0.39, 0.29) is 36.1 Å². The fourth-order valence-electron chi connectivity index (χ4n) is 16.9. The normalized spacial score (nSPS) is 14.4. The second-order valence-corrected chi connectivity index (χ2v) is 27.2. The van der Waals surface area contributed by atoms with Crippen molar-refractivity contribution in [2.75, 3.05) is 0 Å². The minimum atomic E-state index is -0.215. The van der Waals surface area contributed by atoms with Crippen LogP contribution in [-0.2, 0) is 36.1 Å². The highest BCUT2D eigenvalue weighted by molar-refractivity contribution is 6.06. The van der Waals surface area contributed by atoms with Crippen LogP contribution in [0, 0.1) is 0 Å². The maximum atomic E-state index is 10.3. The average Bonchev–Trinajstić information content (AvgIpc) is 1.49. The summed E-state index contributed by atoms with van der Waals surface area (Å²) in [4.78, 5) is 0. The fraction of sp³-hybridized carbons (Fsp3) is 0.500. The summed E-state index contributed by atoms with van der Waals surface area (Å²) < 4.78 is 0. The van der Waals surface area contributed by atoms with Crippen molar-refractivity contribution >= 4 is 0 Å². The zero-order valence-corrected chi connectivity index (χ0v) is 54.8. The summed E-state index contributed by atoms with van der Waals surface area (Å²) >= 11 is 0. The van der Waals surface area contributed by atoms with Crippen LogP contribution in [0.3, 0.4) is 0 Å². The average molecular weight is 1170 g/mol. The Balaban J connectivity index is 1.41. The molecule has 0 saturated carbocycles. The number of fused-ring (bicyclic) bond motifs is 12. The molecular formula is C84H108O3. The van der Waals surface area contributed by atoms with Crippen molar-refractivity contribution < 1.29 is 15.3 Å². The molecule has 0 heterocycles. The van der Waals surface area contributed by atoms with Gasteiger partial charge in [0.05, 0.1) is 19.8 Å². The maximum absolute atomic E-state index is 10.3. The van der Waals surface area contributed by atoms with E-state index in [4.69, 9.17) is 0 Å². The van der Waals surface area contributed by atoms with Crippen LogP contribution in [0.25, 0.3) is 66.8 Å². The van der Waals surface area contributed by atoms with Crippen LogP contribution in [0.4, 0.5) is 0 Å². The predicted molar refractivity (Wildman–Crippen MR) is 372 cm³/mol. The summed E-state index contributed by atoms with van der Waals surface area (Å²) in [6, 6.07) is 49.8. The van der Waals surface area contributed by atoms with Gasteiger partial charge in [0.25, 0.3) is 0 Å². The number of hydrogen-bond donors (Lipinski definition) is 3. The van der Waals surface area contributed by atoms with Crippen molar-refractivity contribution in [2.24, 2.45) is 0 Å². The minimum Gasteiger partial charge on any atom is -0.392 e. The number of hydrogen-bond acceptors (Lipinski definition) is 3. The maximum Gasteiger partial charge on any atom is 0.0681 e. The largest absolute Gasteiger partial charge is 0.392 e. The number of aliphatic hydroxyl groups is 3. The van der Waals surface area contributed by atoms with Crippen LogP contribution >= 0.6 is 0 Å². The molecular weight excluding hydrogens is 1060 g/mol. The summed E-state index contributed by atoms with van der Waals surface area (Å²) in [6.45, 7) is 14.4. The third-order valence-corrected chi connectivity index (χ3v) is 21.5. The van der Waals surface area contributed by atoms with Crippen molar-refractivity contribution in [3.05, 3.63) is 177 Å². The fourth-order valence-corrected chi connectivity index (χ4v) is 16.9. The first-order valence-corrected chi connectivity index (χ1v) is 35.6. The molecule has 0 saturated heterocycles. The first kappa shape index (κ1) is 64.4. The Kier molecular flexibility index (Phi) is 22.4. The van der Waals surface area contributed by atoms with Gasteiger partial charge in [-0.2, -0.15) is 0 Å². The number of benzene rings is 7. The summed E-state index contributed by atoms with van der Waals surface area (Å²) in [7, 11) is 0. The standard InChI is InChI=1S/C84H108O3/c1-7-13-19-25-49-82(50-26-20-14-8-2)73-55-67(64-37-31-61(58-85)32-38-64)43-46-70(73)76-79(82)77-71-47-44-68(65-39-33-62(59-86)34-40-65)56-74(71)83(51-27-21-15-9-3,52-28-22-16-10-4)81(77)78-72-48-45-69(66-41-35-63(60-87)36-42-66)57-75(72)84(80(76)78,53-29-23-17-11-5)54-30-24-18-12-6/h31-48,55-57,85-87H,7-30,49-54,58-60H2,1-6H3. The Labute approximate surface area is 526 Å². The summed E-state index contributed by atoms with van der Waals surface area (Å²) in [5.41, 5.74) is 28.8. The van der Waals surface area contributed by atoms with Crippen molar-refractivity contribution in [2.45, 2.75) is 270 Å². The van der Waals surface area contributed by atoms with Crippen LogP contribution in [-0.4, -0.2) is 15.3 Å². The van der Waals surface area contributed by atoms with Crippen LogP contribution in [0.2, 0.25) is 0 Å². The summed E-state index contributed by atoms with van der Waals surface area (Å²) in [5, 5.41) is 30.8. The van der Waals surface area contributed by atoms with Crippen molar-refractivity contribution in [3.63, 3.8) is 0 Å². The molecule has 3 N–H and O–H groups in total. The van der Waals surface area contributed by atoms with Gasteiger partial charge in [-0.1, -0.05) is 305 Å². The topological polar surface area (TPSA) is 60.7 Å². The van der Waals surface area contributed by atoms with Gasteiger partial charge in [-0.25, -0.2) is 0 Å². The van der Waals surface area contributed by atoms with Gasteiger partial charge < -0.3 is 15.3 Å². The van der Waals surface area contributed by atoms with E-state index in [1.807, 2.05) is 0 Å². The molecule has 87 heavy (non-hydrogen) atoms. The Bertz CT molecular complexity index is 2930. The summed E-state index contributed by atoms with van der Waals surface area (Å²) in [6.07, 6.45) is 36.4. The van der Waals surface area contributed by atoms with Gasteiger partial charge in [-0.3, -0.25) is 0 Å². The Morgan fingerprint density at radius 1 is 0.241 bits per heavy atom. The van der Waals surface area contributed by atoms with Crippen molar-refractivity contribution in [1.82, 2.24) is 0 Å². The van der Waals surface area contributed by atoms with E-state index in [1.165, 1.54) is 204 Å². The lowest BCUT2D eigenvalue weighted by Gasteiger charge is -2.40. The lowest BCUT2D eigenvalue weighted by Crippen LogP contribution is -2.31. The quantitative estimate of drug-likeness (QED) is 0.0343. The van der Waals surface area contributed by atoms with Crippen molar-refractivity contribution in [3.8, 4) is 66.8 Å². The second-order valence-electron chi connectivity index (χ2n) is 27.2. The third kappa shape index (κ3) is 13.0. The molecule has 7 aromatic rings. The molecule has 0 aromatic heterocycles. The highest BCUT2D eigenvalue weighted by Crippen LogP contribution is 2.72. The molecule has 0 spiro atoms. The van der Waals surface area contributed by atoms with Gasteiger partial charge in [-0.15, -0.1) is 0 Å². The smallest absolute Gasteiger partial charge is 0.0681 e. The molecule has 0 bridgehead atoms. The molecule has 3 aliphatic carbocycles. The van der Waals surface area contributed by atoms with Gasteiger partial charge in [-0.05, 0) is 174 Å². The number of rotatable bonds is 36. The zero-order chi connectivity index (χ0) is 60.8. The van der Waals surface area contributed by atoms with Gasteiger partial charge >= 0.3 is 0 Å². The SMILES string of the molecule is CCCCCCC1(CCCCCC)c2cc(-c3ccc(CO)cc3)ccc2-c2c1c1c(c3c2C(CCCCCC)(CCCCCC)c2cc(-c4ccc(CO)cc4)ccc2-3)C(CCCCCC)(CCCCCC)c2cc(-c3ccc(CO)cc3)ccc2-1. The Hall–Kier alpha value is -5.58. The van der Waals surface area contributed by atoms with E-state index in [0.717, 1.165) is 55.2 Å². The lowest BCUT2D eigenvalue weighted by atomic mass is 9.63. The molecule has 0 fully saturated rings. The molecule has 3 aliphatic rings. The molecule has 462 valence electrons. The first-order valence-electron chi connectivity index (χ1n) is 35.6. The second kappa shape index (κ2) is 30.3. The summed E-state index contributed by atoms with van der Waals surface area (Å²) in [5.74, 6) is 0. The molecule has 0 radical (unpaired) electrons. The van der Waals surface area contributed by atoms with E-state index < -0.39 is 0 Å².